The minimum Gasteiger partial charge on any atom is -0.530 e. The van der Waals surface area contributed by atoms with E-state index in [-0.39, 0.29) is 6.54 Å². The number of anilines is 2. The number of nitrogens with zero attached hydrogens (tertiary/aromatic N) is 2. The third-order valence-corrected chi connectivity index (χ3v) is 7.87. The summed E-state index contributed by atoms with van der Waals surface area (Å²) in [5, 5.41) is 23.3. The maximum Gasteiger partial charge on any atom is 0.573 e. The summed E-state index contributed by atoms with van der Waals surface area (Å²) in [4.78, 5) is 14.1. The van der Waals surface area contributed by atoms with Crippen molar-refractivity contribution in [3.63, 3.8) is 0 Å². The van der Waals surface area contributed by atoms with Crippen LogP contribution in [0.25, 0.3) is 0 Å². The van der Waals surface area contributed by atoms with E-state index in [4.69, 9.17) is 4.74 Å². The normalized spacial score (nSPS) is 21.0. The molecule has 1 saturated heterocycles. The maximum atomic E-state index is 13.1. The van der Waals surface area contributed by atoms with E-state index in [0.29, 0.717) is 22.9 Å². The van der Waals surface area contributed by atoms with Gasteiger partial charge in [0, 0.05) is 13.1 Å². The van der Waals surface area contributed by atoms with Crippen molar-refractivity contribution in [3.8, 4) is 17.2 Å². The molecule has 2 N–H and O–H groups in total. The number of sulfonamides is 1. The molecule has 2 aliphatic heterocycles. The number of likely N-dealkylation sites (tertiary alicyclic amines) is 1. The Balaban J connectivity index is 1.47. The van der Waals surface area contributed by atoms with Crippen LogP contribution in [0.4, 0.5) is 29.3 Å². The van der Waals surface area contributed by atoms with Crippen molar-refractivity contribution < 1.29 is 46.1 Å². The quantitative estimate of drug-likeness (QED) is 0.484. The molecular weight excluding hydrogens is 543 g/mol. The number of benzene rings is 3. The van der Waals surface area contributed by atoms with Crippen LogP contribution in [0.5, 0.6) is 17.2 Å². The van der Waals surface area contributed by atoms with Gasteiger partial charge in [-0.15, -0.1) is 13.2 Å². The molecule has 0 saturated carbocycles. The molecule has 1 fully saturated rings. The number of para-hydroxylation sites is 4. The molecule has 0 spiro atoms. The van der Waals surface area contributed by atoms with Crippen molar-refractivity contribution in [3.05, 3.63) is 72.8 Å². The van der Waals surface area contributed by atoms with Crippen molar-refractivity contribution >= 4 is 27.5 Å². The highest BCUT2D eigenvalue weighted by Crippen LogP contribution is 2.48. The number of piperidine rings is 1. The number of aliphatic hydroxyl groups is 1. The van der Waals surface area contributed by atoms with E-state index in [1.807, 2.05) is 0 Å². The highest BCUT2D eigenvalue weighted by Gasteiger charge is 2.44. The number of ether oxygens (including phenoxy) is 2. The number of amides is 1. The Kier molecular flexibility index (Phi) is 6.78. The summed E-state index contributed by atoms with van der Waals surface area (Å²) in [5.41, 5.74) is 1.06. The first-order valence-corrected chi connectivity index (χ1v) is 13.1. The van der Waals surface area contributed by atoms with Gasteiger partial charge in [0.1, 0.15) is 11.8 Å². The van der Waals surface area contributed by atoms with Crippen LogP contribution < -0.4 is 24.2 Å². The van der Waals surface area contributed by atoms with E-state index in [1.54, 1.807) is 53.4 Å². The first kappa shape index (κ1) is 26.6. The molecule has 3 aromatic rings. The second-order valence-electron chi connectivity index (χ2n) is 8.88. The zero-order valence-corrected chi connectivity index (χ0v) is 20.7. The van der Waals surface area contributed by atoms with Crippen LogP contribution in [-0.4, -0.2) is 62.2 Å². The van der Waals surface area contributed by atoms with Crippen LogP contribution in [-0.2, 0) is 10.0 Å². The number of alkyl halides is 3. The van der Waals surface area contributed by atoms with Crippen molar-refractivity contribution in [2.45, 2.75) is 29.4 Å². The first-order valence-electron chi connectivity index (χ1n) is 11.6. The third kappa shape index (κ3) is 5.44. The number of rotatable bonds is 5. The van der Waals surface area contributed by atoms with Crippen LogP contribution in [0.3, 0.4) is 0 Å². The lowest BCUT2D eigenvalue weighted by molar-refractivity contribution is -0.274. The van der Waals surface area contributed by atoms with E-state index in [9.17, 15) is 36.6 Å². The van der Waals surface area contributed by atoms with Gasteiger partial charge < -0.3 is 34.3 Å². The maximum absolute atomic E-state index is 13.1. The summed E-state index contributed by atoms with van der Waals surface area (Å²) in [7, 11) is -4.41. The molecule has 206 valence electrons. The fraction of sp³-hybridized carbons (Fsp3) is 0.240. The van der Waals surface area contributed by atoms with Gasteiger partial charge in [0.2, 0.25) is 10.0 Å². The van der Waals surface area contributed by atoms with Gasteiger partial charge in [-0.25, -0.2) is 13.1 Å². The van der Waals surface area contributed by atoms with Crippen LogP contribution in [0, 0.1) is 0 Å². The van der Waals surface area contributed by atoms with Crippen molar-refractivity contribution in [2.24, 2.45) is 0 Å². The molecule has 3 unspecified atom stereocenters. The fourth-order valence-corrected chi connectivity index (χ4v) is 5.93. The molecule has 3 aromatic carbocycles. The summed E-state index contributed by atoms with van der Waals surface area (Å²) >= 11 is 0. The van der Waals surface area contributed by atoms with Crippen molar-refractivity contribution in [1.82, 2.24) is 9.62 Å². The number of carbonyl (C=O) groups excluding carboxylic acids is 1. The van der Waals surface area contributed by atoms with Crippen molar-refractivity contribution in [1.29, 1.82) is 0 Å². The minimum absolute atomic E-state index is 0.214. The Morgan fingerprint density at radius 2 is 1.54 bits per heavy atom. The zero-order valence-electron chi connectivity index (χ0n) is 19.9. The largest absolute Gasteiger partial charge is 0.573 e. The molecule has 14 heteroatoms. The Morgan fingerprint density at radius 3 is 2.08 bits per heavy atom. The molecule has 10 nitrogen and oxygen atoms in total. The number of hydrogen-bond acceptors (Lipinski definition) is 8. The molecule has 3 atom stereocenters. The molecule has 1 amide bonds. The van der Waals surface area contributed by atoms with Crippen LogP contribution in [0.1, 0.15) is 0 Å². The van der Waals surface area contributed by atoms with Gasteiger partial charge in [-0.1, -0.05) is 24.3 Å². The summed E-state index contributed by atoms with van der Waals surface area (Å²) in [6.07, 6.45) is -7.95. The second kappa shape index (κ2) is 9.94. The van der Waals surface area contributed by atoms with E-state index >= 15 is 0 Å². The minimum atomic E-state index is -4.95. The average Bonchev–Trinajstić information content (AvgIpc) is 2.88. The highest BCUT2D eigenvalue weighted by molar-refractivity contribution is 7.89. The SMILES string of the molecule is O=C([O-])N1CC(NS(=O)(=O)c2ccc(OC(F)(F)F)cc2)C(O)C(N2c3ccccc3Oc3ccccc32)C1. The molecule has 2 heterocycles. The molecule has 5 rings (SSSR count). The number of carbonyl (C=O) groups is 1. The summed E-state index contributed by atoms with van der Waals surface area (Å²) in [5.74, 6) is 0.284. The highest BCUT2D eigenvalue weighted by atomic mass is 32.2. The van der Waals surface area contributed by atoms with Crippen LogP contribution in [0.2, 0.25) is 0 Å². The summed E-state index contributed by atoms with van der Waals surface area (Å²) in [6, 6.07) is 15.0. The number of carboxylic acid groups (broad SMARTS) is 1. The van der Waals surface area contributed by atoms with Gasteiger partial charge >= 0.3 is 6.36 Å². The first-order chi connectivity index (χ1) is 18.4. The smallest absolute Gasteiger partial charge is 0.530 e. The monoisotopic (exact) mass is 564 g/mol. The van der Waals surface area contributed by atoms with Gasteiger partial charge in [0.15, 0.2) is 11.5 Å². The molecular formula is C25H21F3N3O7S-. The van der Waals surface area contributed by atoms with Crippen LogP contribution >= 0.6 is 0 Å². The predicted molar refractivity (Wildman–Crippen MR) is 129 cm³/mol. The van der Waals surface area contributed by atoms with E-state index in [1.165, 1.54) is 0 Å². The molecule has 0 radical (unpaired) electrons. The second-order valence-corrected chi connectivity index (χ2v) is 10.6. The molecule has 39 heavy (non-hydrogen) atoms. The number of halogens is 3. The van der Waals surface area contributed by atoms with E-state index in [2.05, 4.69) is 9.46 Å². The van der Waals surface area contributed by atoms with Gasteiger partial charge in [-0.05, 0) is 48.5 Å². The van der Waals surface area contributed by atoms with Crippen molar-refractivity contribution in [2.75, 3.05) is 18.0 Å². The van der Waals surface area contributed by atoms with Gasteiger partial charge in [0.25, 0.3) is 0 Å². The number of nitrogens with one attached hydrogen (secondary N) is 1. The topological polar surface area (TPSA) is 131 Å². The van der Waals surface area contributed by atoms with Gasteiger partial charge in [-0.3, -0.25) is 0 Å². The molecule has 0 aromatic heterocycles. The fourth-order valence-electron chi connectivity index (χ4n) is 4.69. The lowest BCUT2D eigenvalue weighted by Crippen LogP contribution is -2.67. The lowest BCUT2D eigenvalue weighted by atomic mass is 9.94. The zero-order chi connectivity index (χ0) is 27.9. The molecule has 2 aliphatic rings. The van der Waals surface area contributed by atoms with Crippen LogP contribution in [0.15, 0.2) is 77.7 Å². The number of aliphatic hydroxyl groups excluding tert-OH is 1. The Labute approximate surface area is 220 Å². The Hall–Kier alpha value is -4.01. The third-order valence-electron chi connectivity index (χ3n) is 6.36. The van der Waals surface area contributed by atoms with E-state index < -0.39 is 57.9 Å². The standard InChI is InChI=1S/C25H22F3N3O7S/c26-25(27,28)38-15-9-11-16(12-10-15)39(35,36)29-17-13-30(24(33)34)14-20(23(17)32)31-18-5-1-3-7-21(18)37-22-8-4-2-6-19(22)31/h1-12,17,20,23,29,32H,13-14H2,(H,33,34)/p-1. The van der Waals surface area contributed by atoms with E-state index in [0.717, 1.165) is 29.2 Å². The van der Waals surface area contributed by atoms with Gasteiger partial charge in [-0.2, -0.15) is 0 Å². The molecule has 0 bridgehead atoms. The predicted octanol–water partition coefficient (Wildman–Crippen LogP) is 2.56. The summed E-state index contributed by atoms with van der Waals surface area (Å²) in [6.45, 7) is -0.643. The molecule has 0 aliphatic carbocycles. The summed E-state index contributed by atoms with van der Waals surface area (Å²) < 4.78 is 75.6. The number of hydrogen-bond donors (Lipinski definition) is 2. The Bertz CT molecular complexity index is 1440. The van der Waals surface area contributed by atoms with Gasteiger partial charge in [0.05, 0.1) is 34.5 Å². The number of fused-ring (bicyclic) bond motifs is 2. The Morgan fingerprint density at radius 1 is 0.974 bits per heavy atom. The average molecular weight is 565 g/mol. The lowest BCUT2D eigenvalue weighted by Gasteiger charge is -2.48.